The summed E-state index contributed by atoms with van der Waals surface area (Å²) in [5.41, 5.74) is 2.60. The minimum absolute atomic E-state index is 0.166. The number of hydrogen-bond donors (Lipinski definition) is 2. The van der Waals surface area contributed by atoms with Crippen molar-refractivity contribution in [2.75, 3.05) is 20.6 Å². The van der Waals surface area contributed by atoms with Gasteiger partial charge in [-0.15, -0.1) is 0 Å². The Morgan fingerprint density at radius 2 is 2.00 bits per heavy atom. The lowest BCUT2D eigenvalue weighted by Crippen LogP contribution is -2.28. The van der Waals surface area contributed by atoms with E-state index in [1.165, 1.54) is 11.3 Å². The summed E-state index contributed by atoms with van der Waals surface area (Å²) >= 11 is 1.53. The normalized spacial score (nSPS) is 12.4. The predicted octanol–water partition coefficient (Wildman–Crippen LogP) is 2.27. The molecule has 21 heavy (non-hydrogen) atoms. The molecule has 5 heteroatoms. The van der Waals surface area contributed by atoms with Crippen LogP contribution in [0.25, 0.3) is 0 Å². The number of nitrogens with zero attached hydrogens (tertiary/aromatic N) is 1. The van der Waals surface area contributed by atoms with E-state index in [1.807, 2.05) is 55.2 Å². The second-order valence-electron chi connectivity index (χ2n) is 5.22. The number of thiophene rings is 1. The van der Waals surface area contributed by atoms with Crippen LogP contribution in [0.1, 0.15) is 27.6 Å². The fraction of sp³-hybridized carbons (Fsp3) is 0.312. The zero-order chi connectivity index (χ0) is 15.2. The molecule has 1 heterocycles. The van der Waals surface area contributed by atoms with Gasteiger partial charge in [0.05, 0.1) is 6.10 Å². The summed E-state index contributed by atoms with van der Waals surface area (Å²) in [6.07, 6.45) is -0.659. The zero-order valence-corrected chi connectivity index (χ0v) is 13.1. The maximum absolute atomic E-state index is 12.0. The summed E-state index contributed by atoms with van der Waals surface area (Å²) in [7, 11) is 4.01. The van der Waals surface area contributed by atoms with Crippen LogP contribution in [0, 0.1) is 0 Å². The maximum atomic E-state index is 12.0. The smallest absolute Gasteiger partial charge is 0.251 e. The van der Waals surface area contributed by atoms with Gasteiger partial charge in [-0.25, -0.2) is 0 Å². The second-order valence-corrected chi connectivity index (χ2v) is 6.00. The Balaban J connectivity index is 1.88. The third-order valence-corrected chi connectivity index (χ3v) is 3.80. The summed E-state index contributed by atoms with van der Waals surface area (Å²) in [6, 6.07) is 9.38. The average Bonchev–Trinajstić information content (AvgIpc) is 2.99. The number of rotatable bonds is 6. The van der Waals surface area contributed by atoms with Gasteiger partial charge < -0.3 is 15.3 Å². The van der Waals surface area contributed by atoms with E-state index in [2.05, 4.69) is 10.2 Å². The molecule has 1 amide bonds. The van der Waals surface area contributed by atoms with Crippen LogP contribution in [-0.2, 0) is 6.54 Å². The standard InChI is InChI=1S/C16H20N2O2S/c1-18(2)10-12-3-5-13(6-4-12)16(20)17-9-15(19)14-7-8-21-11-14/h3-8,11,15,19H,9-10H2,1-2H3,(H,17,20). The Labute approximate surface area is 129 Å². The van der Waals surface area contributed by atoms with Gasteiger partial charge in [0.2, 0.25) is 0 Å². The largest absolute Gasteiger partial charge is 0.387 e. The minimum atomic E-state index is -0.659. The van der Waals surface area contributed by atoms with Crippen LogP contribution in [0.4, 0.5) is 0 Å². The lowest BCUT2D eigenvalue weighted by molar-refractivity contribution is 0.0916. The summed E-state index contributed by atoms with van der Waals surface area (Å²) in [4.78, 5) is 14.1. The van der Waals surface area contributed by atoms with E-state index in [4.69, 9.17) is 0 Å². The molecular formula is C16H20N2O2S. The van der Waals surface area contributed by atoms with Gasteiger partial charge in [0, 0.05) is 18.7 Å². The molecule has 1 unspecified atom stereocenters. The molecule has 0 aliphatic carbocycles. The van der Waals surface area contributed by atoms with Gasteiger partial charge in [-0.3, -0.25) is 4.79 Å². The molecule has 0 spiro atoms. The van der Waals surface area contributed by atoms with Gasteiger partial charge in [0.15, 0.2) is 0 Å². The van der Waals surface area contributed by atoms with E-state index < -0.39 is 6.10 Å². The number of amides is 1. The Bertz CT molecular complexity index is 564. The van der Waals surface area contributed by atoms with Crippen molar-refractivity contribution in [3.05, 3.63) is 57.8 Å². The van der Waals surface area contributed by atoms with E-state index in [1.54, 1.807) is 0 Å². The van der Waals surface area contributed by atoms with Gasteiger partial charge >= 0.3 is 0 Å². The molecule has 0 fully saturated rings. The summed E-state index contributed by atoms with van der Waals surface area (Å²) < 4.78 is 0. The van der Waals surface area contributed by atoms with Gasteiger partial charge in [-0.2, -0.15) is 11.3 Å². The summed E-state index contributed by atoms with van der Waals surface area (Å²) in [5.74, 6) is -0.166. The van der Waals surface area contributed by atoms with Crippen LogP contribution in [0.2, 0.25) is 0 Å². The number of carbonyl (C=O) groups is 1. The molecule has 2 rings (SSSR count). The van der Waals surface area contributed by atoms with Crippen molar-refractivity contribution in [2.24, 2.45) is 0 Å². The number of hydrogen-bond acceptors (Lipinski definition) is 4. The number of benzene rings is 1. The monoisotopic (exact) mass is 304 g/mol. The van der Waals surface area contributed by atoms with Crippen LogP contribution in [0.15, 0.2) is 41.1 Å². The van der Waals surface area contributed by atoms with Crippen molar-refractivity contribution in [1.82, 2.24) is 10.2 Å². The third-order valence-electron chi connectivity index (χ3n) is 3.10. The van der Waals surface area contributed by atoms with Crippen molar-refractivity contribution >= 4 is 17.2 Å². The Kier molecular flexibility index (Phi) is 5.50. The maximum Gasteiger partial charge on any atom is 0.251 e. The number of carbonyl (C=O) groups excluding carboxylic acids is 1. The van der Waals surface area contributed by atoms with Gasteiger partial charge in [0.25, 0.3) is 5.91 Å². The van der Waals surface area contributed by atoms with Crippen LogP contribution in [0.5, 0.6) is 0 Å². The number of aliphatic hydroxyl groups excluding tert-OH is 1. The van der Waals surface area contributed by atoms with Crippen LogP contribution < -0.4 is 5.32 Å². The quantitative estimate of drug-likeness (QED) is 0.861. The van der Waals surface area contributed by atoms with E-state index in [0.29, 0.717) is 5.56 Å². The molecule has 1 atom stereocenters. The van der Waals surface area contributed by atoms with Crippen molar-refractivity contribution < 1.29 is 9.90 Å². The molecule has 4 nitrogen and oxygen atoms in total. The Morgan fingerprint density at radius 1 is 1.29 bits per heavy atom. The Hall–Kier alpha value is -1.69. The lowest BCUT2D eigenvalue weighted by Gasteiger charge is -2.12. The highest BCUT2D eigenvalue weighted by Crippen LogP contribution is 2.15. The molecule has 2 N–H and O–H groups in total. The lowest BCUT2D eigenvalue weighted by atomic mass is 10.1. The fourth-order valence-corrected chi connectivity index (χ4v) is 2.71. The minimum Gasteiger partial charge on any atom is -0.387 e. The van der Waals surface area contributed by atoms with Gasteiger partial charge in [-0.05, 0) is 54.2 Å². The topological polar surface area (TPSA) is 52.6 Å². The molecule has 0 saturated heterocycles. The molecule has 0 saturated carbocycles. The zero-order valence-electron chi connectivity index (χ0n) is 12.2. The molecule has 1 aromatic heterocycles. The summed E-state index contributed by atoms with van der Waals surface area (Å²) in [5, 5.41) is 16.5. The Morgan fingerprint density at radius 3 is 2.57 bits per heavy atom. The van der Waals surface area contributed by atoms with Gasteiger partial charge in [-0.1, -0.05) is 12.1 Å². The average molecular weight is 304 g/mol. The molecule has 2 aromatic rings. The van der Waals surface area contributed by atoms with E-state index >= 15 is 0 Å². The van der Waals surface area contributed by atoms with Crippen molar-refractivity contribution in [3.8, 4) is 0 Å². The highest BCUT2D eigenvalue weighted by molar-refractivity contribution is 7.07. The van der Waals surface area contributed by atoms with E-state index in [-0.39, 0.29) is 12.5 Å². The van der Waals surface area contributed by atoms with Gasteiger partial charge in [0.1, 0.15) is 0 Å². The van der Waals surface area contributed by atoms with Crippen LogP contribution in [-0.4, -0.2) is 36.6 Å². The van der Waals surface area contributed by atoms with Crippen LogP contribution in [0.3, 0.4) is 0 Å². The van der Waals surface area contributed by atoms with E-state index in [9.17, 15) is 9.90 Å². The molecule has 1 aromatic carbocycles. The molecule has 0 bridgehead atoms. The number of nitrogens with one attached hydrogen (secondary N) is 1. The third kappa shape index (κ3) is 4.67. The first-order valence-electron chi connectivity index (χ1n) is 6.78. The predicted molar refractivity (Wildman–Crippen MR) is 85.4 cm³/mol. The molecule has 0 aliphatic rings. The SMILES string of the molecule is CN(C)Cc1ccc(C(=O)NCC(O)c2ccsc2)cc1. The molecular weight excluding hydrogens is 284 g/mol. The first kappa shape index (κ1) is 15.7. The first-order chi connectivity index (χ1) is 10.1. The molecule has 0 aliphatic heterocycles. The van der Waals surface area contributed by atoms with Crippen LogP contribution >= 0.6 is 11.3 Å². The molecule has 0 radical (unpaired) electrons. The highest BCUT2D eigenvalue weighted by Gasteiger charge is 2.11. The fourth-order valence-electron chi connectivity index (χ4n) is 2.00. The molecule has 112 valence electrons. The van der Waals surface area contributed by atoms with Crippen molar-refractivity contribution in [1.29, 1.82) is 0 Å². The van der Waals surface area contributed by atoms with Crippen molar-refractivity contribution in [3.63, 3.8) is 0 Å². The summed E-state index contributed by atoms with van der Waals surface area (Å²) in [6.45, 7) is 1.06. The second kappa shape index (κ2) is 7.36. The van der Waals surface area contributed by atoms with E-state index in [0.717, 1.165) is 17.7 Å². The number of aliphatic hydroxyl groups is 1. The highest BCUT2D eigenvalue weighted by atomic mass is 32.1. The van der Waals surface area contributed by atoms with Crippen molar-refractivity contribution in [2.45, 2.75) is 12.6 Å². The first-order valence-corrected chi connectivity index (χ1v) is 7.72.